The van der Waals surface area contributed by atoms with Crippen LogP contribution in [0, 0.1) is 6.92 Å². The zero-order valence-corrected chi connectivity index (χ0v) is 13.6. The summed E-state index contributed by atoms with van der Waals surface area (Å²) in [7, 11) is 0. The minimum Gasteiger partial charge on any atom is -0.333 e. The van der Waals surface area contributed by atoms with Crippen LogP contribution in [0.2, 0.25) is 0 Å². The molecule has 2 aromatic rings. The van der Waals surface area contributed by atoms with Crippen LogP contribution < -0.4 is 5.32 Å². The van der Waals surface area contributed by atoms with Crippen molar-refractivity contribution in [3.05, 3.63) is 23.5 Å². The lowest BCUT2D eigenvalue weighted by Crippen LogP contribution is -2.52. The number of piperazine rings is 1. The number of nitrogens with one attached hydrogen (secondary N) is 2. The van der Waals surface area contributed by atoms with Crippen LogP contribution in [0.3, 0.4) is 0 Å². The van der Waals surface area contributed by atoms with Crippen molar-refractivity contribution in [1.82, 2.24) is 25.4 Å². The van der Waals surface area contributed by atoms with Gasteiger partial charge in [-0.2, -0.15) is 5.10 Å². The van der Waals surface area contributed by atoms with Crippen LogP contribution in [0.25, 0.3) is 11.0 Å². The fraction of sp³-hybridized carbons (Fsp3) is 0.462. The van der Waals surface area contributed by atoms with Gasteiger partial charge in [0.1, 0.15) is 0 Å². The Morgan fingerprint density at radius 1 is 1.43 bits per heavy atom. The molecule has 6 nitrogen and oxygen atoms in total. The number of aromatic amines is 1. The monoisotopic (exact) mass is 331 g/mol. The number of nitrogens with zero attached hydrogens (tertiary/aromatic N) is 3. The van der Waals surface area contributed by atoms with Gasteiger partial charge in [0.2, 0.25) is 0 Å². The summed E-state index contributed by atoms with van der Waals surface area (Å²) in [5.41, 5.74) is 2.22. The fourth-order valence-corrected chi connectivity index (χ4v) is 2.45. The zero-order valence-electron chi connectivity index (χ0n) is 11.9. The summed E-state index contributed by atoms with van der Waals surface area (Å²) in [5, 5.41) is 11.2. The number of rotatable bonds is 1. The summed E-state index contributed by atoms with van der Waals surface area (Å²) in [5.74, 6) is 0.0454. The van der Waals surface area contributed by atoms with E-state index >= 15 is 0 Å². The number of aromatic nitrogens is 3. The van der Waals surface area contributed by atoms with Gasteiger partial charge in [-0.1, -0.05) is 0 Å². The van der Waals surface area contributed by atoms with E-state index < -0.39 is 0 Å². The number of carbonyl (C=O) groups excluding carboxylic acids is 1. The van der Waals surface area contributed by atoms with E-state index in [9.17, 15) is 4.79 Å². The second-order valence-electron chi connectivity index (χ2n) is 5.00. The van der Waals surface area contributed by atoms with Gasteiger partial charge < -0.3 is 10.2 Å². The van der Waals surface area contributed by atoms with Gasteiger partial charge in [-0.15, -0.1) is 24.8 Å². The molecule has 0 aromatic carbocycles. The highest BCUT2D eigenvalue weighted by atomic mass is 35.5. The first kappa shape index (κ1) is 17.7. The number of fused-ring (bicyclic) bond motifs is 1. The Hall–Kier alpha value is -1.37. The number of amides is 1. The zero-order chi connectivity index (χ0) is 13.4. The summed E-state index contributed by atoms with van der Waals surface area (Å²) in [6, 6.07) is 2.08. The van der Waals surface area contributed by atoms with E-state index in [4.69, 9.17) is 0 Å². The number of pyridine rings is 1. The average Bonchev–Trinajstić information content (AvgIpc) is 2.80. The molecule has 116 valence electrons. The number of hydrogen-bond donors (Lipinski definition) is 2. The smallest absolute Gasteiger partial charge is 0.255 e. The molecule has 1 fully saturated rings. The topological polar surface area (TPSA) is 73.9 Å². The molecule has 0 aliphatic carbocycles. The van der Waals surface area contributed by atoms with Crippen LogP contribution in [-0.2, 0) is 0 Å². The van der Waals surface area contributed by atoms with Crippen LogP contribution in [-0.4, -0.2) is 51.7 Å². The third-order valence-electron chi connectivity index (χ3n) is 3.61. The highest BCUT2D eigenvalue weighted by Gasteiger charge is 2.24. The Morgan fingerprint density at radius 2 is 2.19 bits per heavy atom. The van der Waals surface area contributed by atoms with Crippen molar-refractivity contribution in [3.8, 4) is 0 Å². The fourth-order valence-electron chi connectivity index (χ4n) is 2.45. The normalized spacial score (nSPS) is 18.0. The largest absolute Gasteiger partial charge is 0.333 e. The number of aryl methyl sites for hydroxylation is 1. The van der Waals surface area contributed by atoms with Crippen molar-refractivity contribution < 1.29 is 4.79 Å². The molecule has 1 aliphatic heterocycles. The predicted octanol–water partition coefficient (Wildman–Crippen LogP) is 1.54. The molecule has 1 unspecified atom stereocenters. The Labute approximate surface area is 135 Å². The van der Waals surface area contributed by atoms with E-state index in [0.29, 0.717) is 11.2 Å². The maximum Gasteiger partial charge on any atom is 0.255 e. The molecule has 3 rings (SSSR count). The highest BCUT2D eigenvalue weighted by molar-refractivity contribution is 5.97. The maximum atomic E-state index is 12.5. The van der Waals surface area contributed by atoms with E-state index in [1.165, 1.54) is 0 Å². The summed E-state index contributed by atoms with van der Waals surface area (Å²) < 4.78 is 0. The molecular formula is C13H19Cl2N5O. The highest BCUT2D eigenvalue weighted by Crippen LogP contribution is 2.17. The van der Waals surface area contributed by atoms with Crippen LogP contribution in [0.5, 0.6) is 0 Å². The van der Waals surface area contributed by atoms with Crippen molar-refractivity contribution in [2.24, 2.45) is 0 Å². The molecule has 1 amide bonds. The van der Waals surface area contributed by atoms with Gasteiger partial charge in [0.25, 0.3) is 5.91 Å². The van der Waals surface area contributed by atoms with Gasteiger partial charge >= 0.3 is 0 Å². The molecule has 21 heavy (non-hydrogen) atoms. The van der Waals surface area contributed by atoms with Crippen molar-refractivity contribution in [1.29, 1.82) is 0 Å². The van der Waals surface area contributed by atoms with Crippen LogP contribution in [0.4, 0.5) is 0 Å². The van der Waals surface area contributed by atoms with Crippen molar-refractivity contribution in [2.75, 3.05) is 19.6 Å². The van der Waals surface area contributed by atoms with E-state index in [1.807, 2.05) is 17.9 Å². The lowest BCUT2D eigenvalue weighted by Gasteiger charge is -2.33. The standard InChI is InChI=1S/C13H17N5O.2ClH/c1-8-6-14-3-4-18(8)13(19)10-5-11-9(2)16-17-12(11)15-7-10;;/h5,7-8,14H,3-4,6H2,1-2H3,(H,15,16,17);2*1H. The van der Waals surface area contributed by atoms with Crippen LogP contribution in [0.15, 0.2) is 12.3 Å². The molecule has 3 heterocycles. The molecule has 0 bridgehead atoms. The van der Waals surface area contributed by atoms with Crippen molar-refractivity contribution in [3.63, 3.8) is 0 Å². The molecule has 8 heteroatoms. The first-order valence-corrected chi connectivity index (χ1v) is 6.49. The lowest BCUT2D eigenvalue weighted by molar-refractivity contribution is 0.0655. The third kappa shape index (κ3) is 3.28. The molecule has 1 atom stereocenters. The minimum absolute atomic E-state index is 0. The van der Waals surface area contributed by atoms with E-state index in [1.54, 1.807) is 6.20 Å². The maximum absolute atomic E-state index is 12.5. The molecular weight excluding hydrogens is 313 g/mol. The summed E-state index contributed by atoms with van der Waals surface area (Å²) in [6.07, 6.45) is 1.61. The number of hydrogen-bond acceptors (Lipinski definition) is 4. The van der Waals surface area contributed by atoms with Gasteiger partial charge in [-0.25, -0.2) is 4.98 Å². The Morgan fingerprint density at radius 3 is 2.90 bits per heavy atom. The quantitative estimate of drug-likeness (QED) is 0.831. The SMILES string of the molecule is Cc1[nH]nc2ncc(C(=O)N3CCNCC3C)cc12.Cl.Cl. The minimum atomic E-state index is 0. The average molecular weight is 332 g/mol. The Kier molecular flexibility index (Phi) is 5.95. The Balaban J connectivity index is 0.00000110. The van der Waals surface area contributed by atoms with Gasteiger partial charge in [0, 0.05) is 43.0 Å². The molecule has 0 spiro atoms. The molecule has 1 saturated heterocycles. The Bertz CT molecular complexity index is 630. The predicted molar refractivity (Wildman–Crippen MR) is 86.5 cm³/mol. The number of halogens is 2. The molecule has 0 saturated carbocycles. The summed E-state index contributed by atoms with van der Waals surface area (Å²) >= 11 is 0. The first-order chi connectivity index (χ1) is 9.16. The summed E-state index contributed by atoms with van der Waals surface area (Å²) in [6.45, 7) is 6.41. The van der Waals surface area contributed by atoms with Crippen molar-refractivity contribution >= 4 is 41.8 Å². The van der Waals surface area contributed by atoms with Gasteiger partial charge in [0.15, 0.2) is 5.65 Å². The van der Waals surface area contributed by atoms with Gasteiger partial charge in [-0.05, 0) is 19.9 Å². The molecule has 0 radical (unpaired) electrons. The number of carbonyl (C=O) groups is 1. The van der Waals surface area contributed by atoms with E-state index in [0.717, 1.165) is 30.7 Å². The third-order valence-corrected chi connectivity index (χ3v) is 3.61. The van der Waals surface area contributed by atoms with Crippen LogP contribution in [0.1, 0.15) is 23.0 Å². The van der Waals surface area contributed by atoms with Crippen LogP contribution >= 0.6 is 24.8 Å². The first-order valence-electron chi connectivity index (χ1n) is 6.49. The van der Waals surface area contributed by atoms with Gasteiger partial charge in [-0.3, -0.25) is 9.89 Å². The summed E-state index contributed by atoms with van der Waals surface area (Å²) in [4.78, 5) is 18.6. The van der Waals surface area contributed by atoms with E-state index in [-0.39, 0.29) is 36.8 Å². The lowest BCUT2D eigenvalue weighted by atomic mass is 10.1. The number of H-pyrrole nitrogens is 1. The molecule has 2 N–H and O–H groups in total. The second kappa shape index (κ2) is 7.06. The van der Waals surface area contributed by atoms with E-state index in [2.05, 4.69) is 27.4 Å². The molecule has 2 aromatic heterocycles. The molecule has 1 aliphatic rings. The van der Waals surface area contributed by atoms with Gasteiger partial charge in [0.05, 0.1) is 5.56 Å². The van der Waals surface area contributed by atoms with Crippen molar-refractivity contribution in [2.45, 2.75) is 19.9 Å². The second-order valence-corrected chi connectivity index (χ2v) is 5.00.